The number of rotatable bonds is 8. The second-order valence-electron chi connectivity index (χ2n) is 7.39. The summed E-state index contributed by atoms with van der Waals surface area (Å²) >= 11 is 0. The first-order valence-corrected chi connectivity index (χ1v) is 9.91. The molecular weight excluding hydrogens is 376 g/mol. The van der Waals surface area contributed by atoms with Gasteiger partial charge >= 0.3 is 0 Å². The first-order valence-electron chi connectivity index (χ1n) is 9.91. The summed E-state index contributed by atoms with van der Waals surface area (Å²) in [6.45, 7) is 2.45. The van der Waals surface area contributed by atoms with Crippen LogP contribution in [0.4, 0.5) is 5.82 Å². The third kappa shape index (κ3) is 4.07. The molecule has 11 nitrogen and oxygen atoms in total. The lowest BCUT2D eigenvalue weighted by Crippen LogP contribution is -2.26. The van der Waals surface area contributed by atoms with E-state index in [0.29, 0.717) is 42.1 Å². The van der Waals surface area contributed by atoms with E-state index >= 15 is 0 Å². The van der Waals surface area contributed by atoms with Crippen LogP contribution in [0.1, 0.15) is 57.1 Å². The summed E-state index contributed by atoms with van der Waals surface area (Å²) in [6.07, 6.45) is 6.66. The van der Waals surface area contributed by atoms with Gasteiger partial charge < -0.3 is 20.7 Å². The summed E-state index contributed by atoms with van der Waals surface area (Å²) in [6, 6.07) is 0. The molecule has 0 saturated carbocycles. The van der Waals surface area contributed by atoms with Crippen LogP contribution >= 0.6 is 0 Å². The van der Waals surface area contributed by atoms with Gasteiger partial charge in [-0.25, -0.2) is 19.6 Å². The van der Waals surface area contributed by atoms with Crippen molar-refractivity contribution in [2.75, 3.05) is 5.73 Å². The minimum atomic E-state index is -0.682. The highest BCUT2D eigenvalue weighted by Crippen LogP contribution is 2.32. The van der Waals surface area contributed by atoms with Crippen LogP contribution in [0.15, 0.2) is 18.9 Å². The number of aliphatic hydroxyl groups is 2. The Morgan fingerprint density at radius 3 is 3.00 bits per heavy atom. The first-order chi connectivity index (χ1) is 14.1. The molecule has 0 aromatic carbocycles. The maximum Gasteiger partial charge on any atom is 0.167 e. The van der Waals surface area contributed by atoms with Gasteiger partial charge in [0.05, 0.1) is 31.3 Å². The van der Waals surface area contributed by atoms with Gasteiger partial charge in [-0.3, -0.25) is 4.57 Å². The first kappa shape index (κ1) is 19.7. The fourth-order valence-electron chi connectivity index (χ4n) is 3.61. The highest BCUT2D eigenvalue weighted by atomic mass is 16.5. The van der Waals surface area contributed by atoms with E-state index in [2.05, 4.69) is 32.2 Å². The molecule has 0 spiro atoms. The van der Waals surface area contributed by atoms with E-state index in [9.17, 15) is 10.2 Å². The van der Waals surface area contributed by atoms with E-state index in [1.807, 2.05) is 0 Å². The van der Waals surface area contributed by atoms with E-state index in [-0.39, 0.29) is 0 Å². The molecule has 11 heteroatoms. The Hall–Kier alpha value is -2.63. The Bertz CT molecular complexity index is 958. The fraction of sp³-hybridized carbons (Fsp3) is 0.611. The van der Waals surface area contributed by atoms with Gasteiger partial charge in [0.2, 0.25) is 0 Å². The lowest BCUT2D eigenvalue weighted by molar-refractivity contribution is -0.0269. The van der Waals surface area contributed by atoms with Crippen molar-refractivity contribution in [1.82, 2.24) is 34.5 Å². The number of aliphatic hydroxyl groups excluding tert-OH is 2. The van der Waals surface area contributed by atoms with Gasteiger partial charge in [0.15, 0.2) is 11.5 Å². The van der Waals surface area contributed by atoms with Crippen molar-refractivity contribution >= 4 is 17.0 Å². The molecule has 156 valence electrons. The molecule has 4 atom stereocenters. The number of nitrogens with two attached hydrogens (primary N) is 1. The molecule has 0 aliphatic carbocycles. The zero-order valence-corrected chi connectivity index (χ0v) is 16.3. The second kappa shape index (κ2) is 8.39. The topological polar surface area (TPSA) is 150 Å². The summed E-state index contributed by atoms with van der Waals surface area (Å²) in [5.41, 5.74) is 7.44. The van der Waals surface area contributed by atoms with Gasteiger partial charge in [0.1, 0.15) is 29.9 Å². The van der Waals surface area contributed by atoms with Gasteiger partial charge in [-0.2, -0.15) is 0 Å². The van der Waals surface area contributed by atoms with Crippen molar-refractivity contribution in [3.63, 3.8) is 0 Å². The average Bonchev–Trinajstić information content (AvgIpc) is 3.42. The van der Waals surface area contributed by atoms with Gasteiger partial charge in [0.25, 0.3) is 0 Å². The number of nitrogen functional groups attached to an aromatic ring is 1. The number of unbranched alkanes of at least 4 members (excludes halogenated alkanes) is 2. The molecule has 1 saturated heterocycles. The van der Waals surface area contributed by atoms with Gasteiger partial charge in [-0.05, 0) is 6.42 Å². The van der Waals surface area contributed by atoms with Crippen molar-refractivity contribution < 1.29 is 14.9 Å². The molecule has 1 fully saturated rings. The highest BCUT2D eigenvalue weighted by Gasteiger charge is 2.36. The largest absolute Gasteiger partial charge is 0.390 e. The van der Waals surface area contributed by atoms with Gasteiger partial charge in [0, 0.05) is 6.42 Å². The van der Waals surface area contributed by atoms with Crippen LogP contribution in [0.25, 0.3) is 11.2 Å². The molecule has 4 unspecified atom stereocenters. The normalized spacial score (nSPS) is 23.1. The van der Waals surface area contributed by atoms with Crippen LogP contribution in [0, 0.1) is 0 Å². The molecule has 1 aliphatic rings. The predicted octanol–water partition coefficient (Wildman–Crippen LogP) is 0.962. The quantitative estimate of drug-likeness (QED) is 0.468. The molecule has 1 aliphatic heterocycles. The number of nitrogens with zero attached hydrogens (tertiary/aromatic N) is 7. The zero-order chi connectivity index (χ0) is 20.4. The number of aromatic nitrogens is 7. The monoisotopic (exact) mass is 402 g/mol. The minimum Gasteiger partial charge on any atom is -0.390 e. The minimum absolute atomic E-state index is 0.302. The zero-order valence-electron chi connectivity index (χ0n) is 16.3. The van der Waals surface area contributed by atoms with E-state index < -0.39 is 24.5 Å². The summed E-state index contributed by atoms with van der Waals surface area (Å²) in [5.74, 6) is 0.302. The Labute approximate surface area is 167 Å². The highest BCUT2D eigenvalue weighted by molar-refractivity contribution is 5.81. The van der Waals surface area contributed by atoms with Crippen LogP contribution in [0.3, 0.4) is 0 Å². The number of fused-ring (bicyclic) bond motifs is 1. The number of hydrogen-bond donors (Lipinski definition) is 3. The van der Waals surface area contributed by atoms with Crippen LogP contribution in [0.2, 0.25) is 0 Å². The van der Waals surface area contributed by atoms with E-state index in [1.165, 1.54) is 6.33 Å². The van der Waals surface area contributed by atoms with Crippen LogP contribution < -0.4 is 5.73 Å². The smallest absolute Gasteiger partial charge is 0.167 e. The summed E-state index contributed by atoms with van der Waals surface area (Å²) in [7, 11) is 0. The molecule has 3 aromatic heterocycles. The van der Waals surface area contributed by atoms with Crippen molar-refractivity contribution in [2.24, 2.45) is 0 Å². The van der Waals surface area contributed by atoms with Crippen molar-refractivity contribution in [2.45, 2.75) is 70.1 Å². The van der Waals surface area contributed by atoms with Crippen molar-refractivity contribution in [3.05, 3.63) is 24.5 Å². The molecule has 4 heterocycles. The van der Waals surface area contributed by atoms with Crippen LogP contribution in [0.5, 0.6) is 0 Å². The maximum absolute atomic E-state index is 10.5. The van der Waals surface area contributed by atoms with Gasteiger partial charge in [-0.15, -0.1) is 5.10 Å². The van der Waals surface area contributed by atoms with Crippen LogP contribution in [-0.2, 0) is 11.3 Å². The number of ether oxygens (including phenoxy) is 1. The fourth-order valence-corrected chi connectivity index (χ4v) is 3.61. The second-order valence-corrected chi connectivity index (χ2v) is 7.39. The number of imidazole rings is 1. The molecular formula is C18H26N8O3. The van der Waals surface area contributed by atoms with E-state index in [0.717, 1.165) is 19.3 Å². The molecule has 3 aromatic rings. The maximum atomic E-state index is 10.5. The third-order valence-corrected chi connectivity index (χ3v) is 5.25. The third-order valence-electron chi connectivity index (χ3n) is 5.25. The lowest BCUT2D eigenvalue weighted by atomic mass is 10.1. The molecule has 4 rings (SSSR count). The summed E-state index contributed by atoms with van der Waals surface area (Å²) in [5, 5.41) is 28.8. The Morgan fingerprint density at radius 1 is 1.31 bits per heavy atom. The van der Waals surface area contributed by atoms with Gasteiger partial charge in [-0.1, -0.05) is 31.4 Å². The Kier molecular flexibility index (Phi) is 5.69. The molecule has 0 amide bonds. The predicted molar refractivity (Wildman–Crippen MR) is 103 cm³/mol. The molecule has 0 bridgehead atoms. The Balaban J connectivity index is 1.41. The van der Waals surface area contributed by atoms with Crippen molar-refractivity contribution in [3.8, 4) is 0 Å². The summed E-state index contributed by atoms with van der Waals surface area (Å²) in [4.78, 5) is 12.4. The van der Waals surface area contributed by atoms with E-state index in [1.54, 1.807) is 21.8 Å². The SMILES string of the molecule is CCCCCC(O)c1cn(CC2OC(n3cnc4c(N)ncnc43)CC2O)nn1. The average molecular weight is 402 g/mol. The molecule has 29 heavy (non-hydrogen) atoms. The van der Waals surface area contributed by atoms with E-state index in [4.69, 9.17) is 10.5 Å². The molecule has 4 N–H and O–H groups in total. The number of anilines is 1. The standard InChI is InChI=1S/C18H26N8O3/c1-2-3-4-5-12(27)11-7-25(24-23-11)8-14-13(28)6-15(29-14)26-10-22-16-17(19)20-9-21-18(16)26/h7,9-10,12-15,27-28H,2-6,8H2,1H3,(H2,19,20,21). The van der Waals surface area contributed by atoms with Crippen molar-refractivity contribution in [1.29, 1.82) is 0 Å². The Morgan fingerprint density at radius 2 is 2.17 bits per heavy atom. The van der Waals surface area contributed by atoms with Crippen LogP contribution in [-0.4, -0.2) is 56.9 Å². The number of hydrogen-bond acceptors (Lipinski definition) is 9. The molecule has 0 radical (unpaired) electrons. The lowest BCUT2D eigenvalue weighted by Gasteiger charge is -2.15. The summed E-state index contributed by atoms with van der Waals surface area (Å²) < 4.78 is 9.39.